The number of rotatable bonds is 7. The molecule has 0 aliphatic carbocycles. The van der Waals surface area contributed by atoms with Gasteiger partial charge in [0.15, 0.2) is 0 Å². The lowest BCUT2D eigenvalue weighted by Gasteiger charge is -2.21. The number of nitrogens with zero attached hydrogens (tertiary/aromatic N) is 1. The van der Waals surface area contributed by atoms with Gasteiger partial charge in [-0.05, 0) is 52.5 Å². The van der Waals surface area contributed by atoms with Crippen molar-refractivity contribution in [3.05, 3.63) is 35.4 Å². The van der Waals surface area contributed by atoms with Gasteiger partial charge < -0.3 is 10.2 Å². The summed E-state index contributed by atoms with van der Waals surface area (Å²) in [6.07, 6.45) is 2.39. The van der Waals surface area contributed by atoms with Gasteiger partial charge in [0.2, 0.25) is 0 Å². The molecule has 0 aliphatic rings. The molecule has 0 aliphatic heterocycles. The lowest BCUT2D eigenvalue weighted by molar-refractivity contribution is 0.311. The van der Waals surface area contributed by atoms with E-state index in [4.69, 9.17) is 0 Å². The van der Waals surface area contributed by atoms with E-state index in [0.29, 0.717) is 6.04 Å². The van der Waals surface area contributed by atoms with Gasteiger partial charge >= 0.3 is 0 Å². The molecule has 0 fully saturated rings. The van der Waals surface area contributed by atoms with Crippen LogP contribution in [0.3, 0.4) is 0 Å². The fourth-order valence-electron chi connectivity index (χ4n) is 2.21. The first-order valence-corrected chi connectivity index (χ1v) is 6.59. The number of hydrogen-bond donors (Lipinski definition) is 1. The second kappa shape index (κ2) is 7.46. The van der Waals surface area contributed by atoms with Crippen LogP contribution in [0.5, 0.6) is 0 Å². The predicted octanol–water partition coefficient (Wildman–Crippen LogP) is 2.99. The molecular weight excluding hydrogens is 208 g/mol. The minimum absolute atomic E-state index is 0.467. The average Bonchev–Trinajstić information content (AvgIpc) is 2.30. The van der Waals surface area contributed by atoms with Crippen molar-refractivity contribution in [3.63, 3.8) is 0 Å². The van der Waals surface area contributed by atoms with Crippen molar-refractivity contribution in [2.45, 2.75) is 32.7 Å². The predicted molar refractivity (Wildman–Crippen MR) is 75.4 cm³/mol. The minimum atomic E-state index is 0.467. The molecule has 0 aromatic heterocycles. The van der Waals surface area contributed by atoms with Crippen LogP contribution in [0.1, 0.15) is 36.9 Å². The lowest BCUT2D eigenvalue weighted by atomic mass is 10.0. The Hall–Kier alpha value is -0.860. The van der Waals surface area contributed by atoms with Gasteiger partial charge in [-0.1, -0.05) is 36.8 Å². The van der Waals surface area contributed by atoms with E-state index in [-0.39, 0.29) is 0 Å². The van der Waals surface area contributed by atoms with Crippen molar-refractivity contribution in [3.8, 4) is 0 Å². The highest BCUT2D eigenvalue weighted by molar-refractivity contribution is 5.25. The maximum absolute atomic E-state index is 3.42. The van der Waals surface area contributed by atoms with Crippen LogP contribution in [0.25, 0.3) is 0 Å². The summed E-state index contributed by atoms with van der Waals surface area (Å²) in [5, 5.41) is 3.42. The van der Waals surface area contributed by atoms with Crippen molar-refractivity contribution in [1.29, 1.82) is 0 Å². The topological polar surface area (TPSA) is 15.3 Å². The third-order valence-electron chi connectivity index (χ3n) is 3.20. The quantitative estimate of drug-likeness (QED) is 0.780. The maximum Gasteiger partial charge on any atom is 0.0329 e. The molecule has 0 spiro atoms. The molecule has 0 saturated heterocycles. The van der Waals surface area contributed by atoms with Crippen LogP contribution < -0.4 is 5.32 Å². The van der Waals surface area contributed by atoms with Crippen LogP contribution in [0.15, 0.2) is 24.3 Å². The maximum atomic E-state index is 3.42. The molecule has 96 valence electrons. The fraction of sp³-hybridized carbons (Fsp3) is 0.600. The van der Waals surface area contributed by atoms with E-state index in [2.05, 4.69) is 55.4 Å². The van der Waals surface area contributed by atoms with Crippen LogP contribution in [-0.2, 0) is 0 Å². The monoisotopic (exact) mass is 234 g/mol. The molecule has 2 heteroatoms. The number of hydrogen-bond acceptors (Lipinski definition) is 2. The Labute approximate surface area is 106 Å². The Bertz CT molecular complexity index is 322. The zero-order valence-electron chi connectivity index (χ0n) is 11.7. The molecule has 2 nitrogen and oxygen atoms in total. The molecule has 0 radical (unpaired) electrons. The first kappa shape index (κ1) is 14.2. The van der Waals surface area contributed by atoms with E-state index in [0.717, 1.165) is 13.0 Å². The Morgan fingerprint density at radius 2 is 2.06 bits per heavy atom. The Balaban J connectivity index is 2.54. The molecule has 0 saturated carbocycles. The first-order valence-electron chi connectivity index (χ1n) is 6.59. The van der Waals surface area contributed by atoms with Crippen LogP contribution in [0, 0.1) is 6.92 Å². The van der Waals surface area contributed by atoms with Crippen LogP contribution in [0.2, 0.25) is 0 Å². The second-order valence-electron chi connectivity index (χ2n) is 4.85. The fourth-order valence-corrected chi connectivity index (χ4v) is 2.21. The van der Waals surface area contributed by atoms with E-state index in [1.807, 2.05) is 7.05 Å². The summed E-state index contributed by atoms with van der Waals surface area (Å²) in [4.78, 5) is 2.40. The molecule has 0 amide bonds. The van der Waals surface area contributed by atoms with Gasteiger partial charge in [0.05, 0.1) is 0 Å². The molecule has 1 unspecified atom stereocenters. The smallest absolute Gasteiger partial charge is 0.0329 e. The summed E-state index contributed by atoms with van der Waals surface area (Å²) in [5.41, 5.74) is 2.74. The van der Waals surface area contributed by atoms with Gasteiger partial charge in [-0.25, -0.2) is 0 Å². The molecule has 1 rings (SSSR count). The van der Waals surface area contributed by atoms with Gasteiger partial charge in [0.1, 0.15) is 0 Å². The molecule has 1 N–H and O–H groups in total. The highest BCUT2D eigenvalue weighted by atomic mass is 15.1. The number of nitrogens with one attached hydrogen (secondary N) is 1. The summed E-state index contributed by atoms with van der Waals surface area (Å²) >= 11 is 0. The highest BCUT2D eigenvalue weighted by Crippen LogP contribution is 2.17. The summed E-state index contributed by atoms with van der Waals surface area (Å²) in [7, 11) is 4.25. The van der Waals surface area contributed by atoms with Crippen molar-refractivity contribution >= 4 is 0 Å². The largest absolute Gasteiger partial charge is 0.313 e. The summed E-state index contributed by atoms with van der Waals surface area (Å²) in [6.45, 7) is 6.71. The molecule has 1 atom stereocenters. The van der Waals surface area contributed by atoms with Gasteiger partial charge in [0.25, 0.3) is 0 Å². The molecular formula is C15H26N2. The van der Waals surface area contributed by atoms with Crippen molar-refractivity contribution < 1.29 is 0 Å². The van der Waals surface area contributed by atoms with Gasteiger partial charge in [-0.15, -0.1) is 0 Å². The van der Waals surface area contributed by atoms with Gasteiger partial charge in [-0.3, -0.25) is 0 Å². The lowest BCUT2D eigenvalue weighted by Crippen LogP contribution is -2.26. The molecule has 1 aromatic rings. The summed E-state index contributed by atoms with van der Waals surface area (Å²) in [5.74, 6) is 0. The highest BCUT2D eigenvalue weighted by Gasteiger charge is 2.09. The Morgan fingerprint density at radius 1 is 1.29 bits per heavy atom. The van der Waals surface area contributed by atoms with Crippen molar-refractivity contribution in [1.82, 2.24) is 10.2 Å². The molecule has 0 heterocycles. The zero-order chi connectivity index (χ0) is 12.7. The van der Waals surface area contributed by atoms with E-state index in [1.54, 1.807) is 0 Å². The van der Waals surface area contributed by atoms with E-state index in [9.17, 15) is 0 Å². The van der Waals surface area contributed by atoms with E-state index in [1.165, 1.54) is 24.1 Å². The van der Waals surface area contributed by atoms with Crippen molar-refractivity contribution in [2.75, 3.05) is 27.2 Å². The van der Waals surface area contributed by atoms with Crippen LogP contribution in [0.4, 0.5) is 0 Å². The van der Waals surface area contributed by atoms with E-state index >= 15 is 0 Å². The zero-order valence-corrected chi connectivity index (χ0v) is 11.7. The minimum Gasteiger partial charge on any atom is -0.313 e. The van der Waals surface area contributed by atoms with Crippen LogP contribution in [-0.4, -0.2) is 32.1 Å². The van der Waals surface area contributed by atoms with Gasteiger partial charge in [-0.2, -0.15) is 0 Å². The molecule has 1 aromatic carbocycles. The normalized spacial score (nSPS) is 13.0. The average molecular weight is 234 g/mol. The number of benzene rings is 1. The Morgan fingerprint density at radius 3 is 2.65 bits per heavy atom. The first-order chi connectivity index (χ1) is 8.17. The summed E-state index contributed by atoms with van der Waals surface area (Å²) < 4.78 is 0. The third kappa shape index (κ3) is 4.88. The Kier molecular flexibility index (Phi) is 6.23. The van der Waals surface area contributed by atoms with Crippen LogP contribution >= 0.6 is 0 Å². The standard InChI is InChI=1S/C15H26N2/c1-5-10-17(4)11-9-15(16-3)14-8-6-7-13(2)12-14/h6-8,12,15-16H,5,9-11H2,1-4H3. The van der Waals surface area contributed by atoms with Gasteiger partial charge in [0, 0.05) is 6.04 Å². The summed E-state index contributed by atoms with van der Waals surface area (Å²) in [6, 6.07) is 9.26. The molecule has 0 bridgehead atoms. The SMILES string of the molecule is CCCN(C)CCC(NC)c1cccc(C)c1. The second-order valence-corrected chi connectivity index (χ2v) is 4.85. The molecule has 17 heavy (non-hydrogen) atoms. The number of aryl methyl sites for hydroxylation is 1. The van der Waals surface area contributed by atoms with E-state index < -0.39 is 0 Å². The third-order valence-corrected chi connectivity index (χ3v) is 3.20. The van der Waals surface area contributed by atoms with Crippen molar-refractivity contribution in [2.24, 2.45) is 0 Å².